The molecule has 2 heterocycles. The van der Waals surface area contributed by atoms with E-state index in [9.17, 15) is 4.79 Å². The van der Waals surface area contributed by atoms with Gasteiger partial charge in [0.1, 0.15) is 0 Å². The van der Waals surface area contributed by atoms with Crippen LogP contribution in [0.5, 0.6) is 0 Å². The molecule has 0 aliphatic carbocycles. The molecule has 98 valence electrons. The molecule has 1 unspecified atom stereocenters. The van der Waals surface area contributed by atoms with Crippen LogP contribution >= 0.6 is 0 Å². The lowest BCUT2D eigenvalue weighted by Crippen LogP contribution is -2.43. The normalized spacial score (nSPS) is 21.0. The first-order chi connectivity index (χ1) is 8.74. The van der Waals surface area contributed by atoms with E-state index in [1.807, 2.05) is 17.0 Å². The van der Waals surface area contributed by atoms with Gasteiger partial charge in [-0.05, 0) is 37.0 Å². The zero-order chi connectivity index (χ0) is 13.0. The average molecular weight is 247 g/mol. The van der Waals surface area contributed by atoms with Gasteiger partial charge in [-0.3, -0.25) is 9.78 Å². The highest BCUT2D eigenvalue weighted by Crippen LogP contribution is 2.32. The molecule has 4 nitrogen and oxygen atoms in total. The Kier molecular flexibility index (Phi) is 4.31. The van der Waals surface area contributed by atoms with E-state index in [-0.39, 0.29) is 18.0 Å². The van der Waals surface area contributed by atoms with Crippen LogP contribution in [0.2, 0.25) is 0 Å². The van der Waals surface area contributed by atoms with Crippen molar-refractivity contribution >= 4 is 5.91 Å². The number of likely N-dealkylation sites (tertiary alicyclic amines) is 1. The summed E-state index contributed by atoms with van der Waals surface area (Å²) in [6, 6.07) is 3.81. The predicted octanol–water partition coefficient (Wildman–Crippen LogP) is 1.87. The molecule has 18 heavy (non-hydrogen) atoms. The molecule has 1 fully saturated rings. The van der Waals surface area contributed by atoms with Crippen molar-refractivity contribution in [3.05, 3.63) is 30.1 Å². The third-order valence-corrected chi connectivity index (χ3v) is 3.54. The topological polar surface area (TPSA) is 59.2 Å². The first kappa shape index (κ1) is 13.0. The van der Waals surface area contributed by atoms with Gasteiger partial charge in [-0.25, -0.2) is 0 Å². The molecule has 1 saturated heterocycles. The van der Waals surface area contributed by atoms with Crippen LogP contribution in [0.1, 0.15) is 44.2 Å². The van der Waals surface area contributed by atoms with Gasteiger partial charge in [-0.1, -0.05) is 13.3 Å². The third kappa shape index (κ3) is 2.70. The van der Waals surface area contributed by atoms with Crippen LogP contribution in [-0.2, 0) is 4.79 Å². The number of pyridine rings is 1. The summed E-state index contributed by atoms with van der Waals surface area (Å²) in [6.45, 7) is 2.88. The fourth-order valence-electron chi connectivity index (χ4n) is 2.61. The fraction of sp³-hybridized carbons (Fsp3) is 0.571. The second-order valence-corrected chi connectivity index (χ2v) is 4.87. The molecule has 4 heteroatoms. The molecular formula is C14H21N3O. The summed E-state index contributed by atoms with van der Waals surface area (Å²) in [7, 11) is 0. The summed E-state index contributed by atoms with van der Waals surface area (Å²) in [5.74, 6) is 0.0937. The van der Waals surface area contributed by atoms with Gasteiger partial charge in [-0.2, -0.15) is 0 Å². The first-order valence-corrected chi connectivity index (χ1v) is 6.70. The first-order valence-electron chi connectivity index (χ1n) is 6.70. The Labute approximate surface area is 108 Å². The maximum absolute atomic E-state index is 12.3. The molecule has 2 atom stereocenters. The highest BCUT2D eigenvalue weighted by Gasteiger charge is 2.32. The summed E-state index contributed by atoms with van der Waals surface area (Å²) in [5, 5.41) is 0. The van der Waals surface area contributed by atoms with Crippen LogP contribution in [-0.4, -0.2) is 28.4 Å². The van der Waals surface area contributed by atoms with Crippen molar-refractivity contribution in [2.24, 2.45) is 5.73 Å². The van der Waals surface area contributed by atoms with Gasteiger partial charge in [0.15, 0.2) is 0 Å². The van der Waals surface area contributed by atoms with Crippen molar-refractivity contribution in [1.82, 2.24) is 9.88 Å². The van der Waals surface area contributed by atoms with Crippen molar-refractivity contribution in [2.75, 3.05) is 6.54 Å². The number of hydrogen-bond acceptors (Lipinski definition) is 3. The number of amides is 1. The summed E-state index contributed by atoms with van der Waals surface area (Å²) in [4.78, 5) is 18.3. The van der Waals surface area contributed by atoms with Crippen molar-refractivity contribution in [3.63, 3.8) is 0 Å². The van der Waals surface area contributed by atoms with Crippen LogP contribution in [0.15, 0.2) is 24.5 Å². The molecule has 0 saturated carbocycles. The quantitative estimate of drug-likeness (QED) is 0.883. The number of carbonyl (C=O) groups is 1. The summed E-state index contributed by atoms with van der Waals surface area (Å²) < 4.78 is 0. The zero-order valence-corrected chi connectivity index (χ0v) is 10.9. The largest absolute Gasteiger partial charge is 0.334 e. The minimum Gasteiger partial charge on any atom is -0.334 e. The number of nitrogens with two attached hydrogens (primary N) is 1. The Hall–Kier alpha value is -1.42. The lowest BCUT2D eigenvalue weighted by Gasteiger charge is -2.27. The number of hydrogen-bond donors (Lipinski definition) is 1. The van der Waals surface area contributed by atoms with E-state index in [4.69, 9.17) is 5.73 Å². The van der Waals surface area contributed by atoms with Gasteiger partial charge in [0.2, 0.25) is 5.91 Å². The van der Waals surface area contributed by atoms with Crippen LogP contribution in [0.3, 0.4) is 0 Å². The molecular weight excluding hydrogens is 226 g/mol. The highest BCUT2D eigenvalue weighted by atomic mass is 16.2. The van der Waals surface area contributed by atoms with E-state index in [2.05, 4.69) is 11.9 Å². The smallest absolute Gasteiger partial charge is 0.239 e. The maximum Gasteiger partial charge on any atom is 0.239 e. The zero-order valence-electron chi connectivity index (χ0n) is 10.9. The van der Waals surface area contributed by atoms with Gasteiger partial charge in [0, 0.05) is 18.9 Å². The molecule has 1 aliphatic rings. The van der Waals surface area contributed by atoms with Crippen LogP contribution in [0.25, 0.3) is 0 Å². The van der Waals surface area contributed by atoms with Crippen LogP contribution in [0.4, 0.5) is 0 Å². The molecule has 0 spiro atoms. The Morgan fingerprint density at radius 3 is 2.94 bits per heavy atom. The standard InChI is InChI=1S/C14H21N3O/c1-2-4-12(15)14(18)17-10-3-5-13(17)11-6-8-16-9-7-11/h6-9,12-13H,2-5,10,15H2,1H3/t12-,13?/m1/s1. The monoisotopic (exact) mass is 247 g/mol. The van der Waals surface area contributed by atoms with Gasteiger partial charge < -0.3 is 10.6 Å². The van der Waals surface area contributed by atoms with Crippen LogP contribution in [0, 0.1) is 0 Å². The van der Waals surface area contributed by atoms with E-state index in [0.29, 0.717) is 0 Å². The second kappa shape index (κ2) is 5.96. The molecule has 1 aliphatic heterocycles. The lowest BCUT2D eigenvalue weighted by atomic mass is 10.0. The Balaban J connectivity index is 2.10. The van der Waals surface area contributed by atoms with Gasteiger partial charge in [-0.15, -0.1) is 0 Å². The lowest BCUT2D eigenvalue weighted by molar-refractivity contribution is -0.133. The van der Waals surface area contributed by atoms with E-state index in [1.54, 1.807) is 12.4 Å². The van der Waals surface area contributed by atoms with E-state index in [0.717, 1.165) is 32.2 Å². The minimum atomic E-state index is -0.350. The van der Waals surface area contributed by atoms with E-state index >= 15 is 0 Å². The summed E-state index contributed by atoms with van der Waals surface area (Å²) in [6.07, 6.45) is 7.34. The predicted molar refractivity (Wildman–Crippen MR) is 70.8 cm³/mol. The average Bonchev–Trinajstić information content (AvgIpc) is 2.88. The van der Waals surface area contributed by atoms with Gasteiger partial charge >= 0.3 is 0 Å². The minimum absolute atomic E-state index is 0.0937. The molecule has 0 radical (unpaired) electrons. The maximum atomic E-state index is 12.3. The Bertz CT molecular complexity index is 393. The number of rotatable bonds is 4. The highest BCUT2D eigenvalue weighted by molar-refractivity contribution is 5.82. The summed E-state index contributed by atoms with van der Waals surface area (Å²) in [5.41, 5.74) is 7.11. The van der Waals surface area contributed by atoms with Gasteiger partial charge in [0.05, 0.1) is 12.1 Å². The second-order valence-electron chi connectivity index (χ2n) is 4.87. The fourth-order valence-corrected chi connectivity index (χ4v) is 2.61. The molecule has 2 rings (SSSR count). The molecule has 1 amide bonds. The Morgan fingerprint density at radius 2 is 2.28 bits per heavy atom. The molecule has 1 aromatic heterocycles. The van der Waals surface area contributed by atoms with E-state index in [1.165, 1.54) is 5.56 Å². The Morgan fingerprint density at radius 1 is 1.56 bits per heavy atom. The van der Waals surface area contributed by atoms with Crippen molar-refractivity contribution in [2.45, 2.75) is 44.7 Å². The van der Waals surface area contributed by atoms with Gasteiger partial charge in [0.25, 0.3) is 0 Å². The number of aromatic nitrogens is 1. The van der Waals surface area contributed by atoms with Crippen molar-refractivity contribution < 1.29 is 4.79 Å². The molecule has 1 aromatic rings. The molecule has 0 aromatic carbocycles. The van der Waals surface area contributed by atoms with Crippen molar-refractivity contribution in [1.29, 1.82) is 0 Å². The third-order valence-electron chi connectivity index (χ3n) is 3.54. The summed E-state index contributed by atoms with van der Waals surface area (Å²) >= 11 is 0. The molecule has 0 bridgehead atoms. The van der Waals surface area contributed by atoms with Crippen LogP contribution < -0.4 is 5.73 Å². The SMILES string of the molecule is CCC[C@@H](N)C(=O)N1CCCC1c1ccncc1. The van der Waals surface area contributed by atoms with E-state index < -0.39 is 0 Å². The number of carbonyl (C=O) groups excluding carboxylic acids is 1. The molecule has 2 N–H and O–H groups in total. The van der Waals surface area contributed by atoms with Crippen molar-refractivity contribution in [3.8, 4) is 0 Å². The number of nitrogens with zero attached hydrogens (tertiary/aromatic N) is 2.